The van der Waals surface area contributed by atoms with Gasteiger partial charge in [-0.2, -0.15) is 0 Å². The topological polar surface area (TPSA) is 67.5 Å². The van der Waals surface area contributed by atoms with Gasteiger partial charge in [-0.05, 0) is 49.8 Å². The molecule has 25 heavy (non-hydrogen) atoms. The Morgan fingerprint density at radius 1 is 1.28 bits per heavy atom. The molecule has 1 aliphatic heterocycles. The summed E-state index contributed by atoms with van der Waals surface area (Å²) in [6, 6.07) is 6.27. The van der Waals surface area contributed by atoms with Crippen molar-refractivity contribution in [1.82, 2.24) is 14.9 Å². The SMILES string of the molecule is COc1ccc(CC[C@@H]2CCCCN2C(=O)c2cnc[nH]2)cc1OC. The lowest BCUT2D eigenvalue weighted by atomic mass is 9.95. The second-order valence-electron chi connectivity index (χ2n) is 6.34. The molecule has 0 spiro atoms. The zero-order chi connectivity index (χ0) is 17.6. The van der Waals surface area contributed by atoms with Crippen molar-refractivity contribution in [3.8, 4) is 11.5 Å². The summed E-state index contributed by atoms with van der Waals surface area (Å²) in [4.78, 5) is 21.6. The molecular formula is C19H25N3O3. The number of carbonyl (C=O) groups is 1. The summed E-state index contributed by atoms with van der Waals surface area (Å²) >= 11 is 0. The Morgan fingerprint density at radius 2 is 2.12 bits per heavy atom. The lowest BCUT2D eigenvalue weighted by molar-refractivity contribution is 0.0596. The smallest absolute Gasteiger partial charge is 0.272 e. The summed E-state index contributed by atoms with van der Waals surface area (Å²) in [5, 5.41) is 0. The van der Waals surface area contributed by atoms with Crippen molar-refractivity contribution in [3.63, 3.8) is 0 Å². The number of methoxy groups -OCH3 is 2. The molecule has 1 amide bonds. The lowest BCUT2D eigenvalue weighted by Gasteiger charge is -2.35. The largest absolute Gasteiger partial charge is 0.493 e. The molecule has 134 valence electrons. The number of hydrogen-bond donors (Lipinski definition) is 1. The minimum atomic E-state index is 0.0505. The third kappa shape index (κ3) is 3.95. The first-order valence-electron chi connectivity index (χ1n) is 8.73. The van der Waals surface area contributed by atoms with Gasteiger partial charge in [0.25, 0.3) is 5.91 Å². The first kappa shape index (κ1) is 17.3. The van der Waals surface area contributed by atoms with Gasteiger partial charge >= 0.3 is 0 Å². The van der Waals surface area contributed by atoms with E-state index in [1.807, 2.05) is 17.0 Å². The van der Waals surface area contributed by atoms with Gasteiger partial charge in [0, 0.05) is 12.6 Å². The summed E-state index contributed by atoms with van der Waals surface area (Å²) in [5.74, 6) is 1.53. The summed E-state index contributed by atoms with van der Waals surface area (Å²) in [6.45, 7) is 0.814. The van der Waals surface area contributed by atoms with Crippen LogP contribution in [0, 0.1) is 0 Å². The maximum absolute atomic E-state index is 12.7. The van der Waals surface area contributed by atoms with Gasteiger partial charge < -0.3 is 19.4 Å². The molecule has 1 fully saturated rings. The first-order chi connectivity index (χ1) is 12.2. The average molecular weight is 343 g/mol. The number of ether oxygens (including phenoxy) is 2. The van der Waals surface area contributed by atoms with Crippen LogP contribution in [0.3, 0.4) is 0 Å². The van der Waals surface area contributed by atoms with Crippen LogP contribution >= 0.6 is 0 Å². The standard InChI is InChI=1S/C19H25N3O3/c1-24-17-9-7-14(11-18(17)25-2)6-8-15-5-3-4-10-22(15)19(23)16-12-20-13-21-16/h7,9,11-13,15H,3-6,8,10H2,1-2H3,(H,20,21)/t15-/m0/s1. The van der Waals surface area contributed by atoms with Crippen LogP contribution in [0.5, 0.6) is 11.5 Å². The number of hydrogen-bond acceptors (Lipinski definition) is 4. The van der Waals surface area contributed by atoms with Gasteiger partial charge in [0.05, 0.1) is 26.7 Å². The van der Waals surface area contributed by atoms with E-state index in [1.54, 1.807) is 26.7 Å². The van der Waals surface area contributed by atoms with Crippen molar-refractivity contribution in [2.75, 3.05) is 20.8 Å². The van der Waals surface area contributed by atoms with E-state index < -0.39 is 0 Å². The highest BCUT2D eigenvalue weighted by molar-refractivity contribution is 5.92. The number of piperidine rings is 1. The van der Waals surface area contributed by atoms with Crippen LogP contribution in [0.15, 0.2) is 30.7 Å². The molecule has 6 nitrogen and oxygen atoms in total. The van der Waals surface area contributed by atoms with E-state index in [1.165, 1.54) is 12.0 Å². The number of likely N-dealkylation sites (tertiary alicyclic amines) is 1. The highest BCUT2D eigenvalue weighted by Gasteiger charge is 2.27. The maximum atomic E-state index is 12.7. The Balaban J connectivity index is 1.67. The van der Waals surface area contributed by atoms with Crippen LogP contribution in [0.2, 0.25) is 0 Å². The minimum absolute atomic E-state index is 0.0505. The zero-order valence-electron chi connectivity index (χ0n) is 14.8. The Kier molecular flexibility index (Phi) is 5.58. The van der Waals surface area contributed by atoms with E-state index in [0.717, 1.165) is 43.7 Å². The van der Waals surface area contributed by atoms with E-state index >= 15 is 0 Å². The second-order valence-corrected chi connectivity index (χ2v) is 6.34. The van der Waals surface area contributed by atoms with Crippen molar-refractivity contribution >= 4 is 5.91 Å². The number of aromatic nitrogens is 2. The number of nitrogens with one attached hydrogen (secondary N) is 1. The second kappa shape index (κ2) is 8.05. The molecule has 0 aliphatic carbocycles. The first-order valence-corrected chi connectivity index (χ1v) is 8.73. The molecule has 1 saturated heterocycles. The number of aromatic amines is 1. The summed E-state index contributed by atoms with van der Waals surface area (Å²) in [5.41, 5.74) is 1.76. The number of benzene rings is 1. The average Bonchev–Trinajstić information content (AvgIpc) is 3.20. The quantitative estimate of drug-likeness (QED) is 0.875. The highest BCUT2D eigenvalue weighted by atomic mass is 16.5. The number of carbonyl (C=O) groups excluding carboxylic acids is 1. The molecule has 0 saturated carbocycles. The predicted octanol–water partition coefficient (Wildman–Crippen LogP) is 3.05. The summed E-state index contributed by atoms with van der Waals surface area (Å²) in [6.07, 6.45) is 8.27. The van der Waals surface area contributed by atoms with Gasteiger partial charge in [-0.25, -0.2) is 4.98 Å². The van der Waals surface area contributed by atoms with Crippen LogP contribution in [0.4, 0.5) is 0 Å². The Labute approximate surface area is 148 Å². The number of amides is 1. The van der Waals surface area contributed by atoms with Gasteiger partial charge in [-0.3, -0.25) is 4.79 Å². The maximum Gasteiger partial charge on any atom is 0.272 e. The fourth-order valence-electron chi connectivity index (χ4n) is 3.47. The Morgan fingerprint density at radius 3 is 2.84 bits per heavy atom. The highest BCUT2D eigenvalue weighted by Crippen LogP contribution is 2.29. The number of H-pyrrole nitrogens is 1. The van der Waals surface area contributed by atoms with E-state index in [9.17, 15) is 4.79 Å². The van der Waals surface area contributed by atoms with E-state index in [-0.39, 0.29) is 11.9 Å². The molecule has 1 N–H and O–H groups in total. The van der Waals surface area contributed by atoms with Gasteiger partial charge in [0.15, 0.2) is 11.5 Å². The van der Waals surface area contributed by atoms with Crippen LogP contribution < -0.4 is 9.47 Å². The molecule has 1 atom stereocenters. The van der Waals surface area contributed by atoms with Gasteiger partial charge in [0.1, 0.15) is 5.69 Å². The Bertz CT molecular complexity index is 700. The molecule has 0 unspecified atom stereocenters. The number of imidazole rings is 1. The number of rotatable bonds is 6. The third-order valence-electron chi connectivity index (χ3n) is 4.83. The Hall–Kier alpha value is -2.50. The minimum Gasteiger partial charge on any atom is -0.493 e. The molecule has 1 aliphatic rings. The fourth-order valence-corrected chi connectivity index (χ4v) is 3.47. The van der Waals surface area contributed by atoms with Gasteiger partial charge in [-0.1, -0.05) is 6.07 Å². The molecular weight excluding hydrogens is 318 g/mol. The van der Waals surface area contributed by atoms with Crippen LogP contribution in [0.25, 0.3) is 0 Å². The zero-order valence-corrected chi connectivity index (χ0v) is 14.8. The molecule has 3 rings (SSSR count). The molecule has 0 radical (unpaired) electrons. The third-order valence-corrected chi connectivity index (χ3v) is 4.83. The molecule has 2 aromatic rings. The number of nitrogens with zero attached hydrogens (tertiary/aromatic N) is 2. The number of aryl methyl sites for hydroxylation is 1. The van der Waals surface area contributed by atoms with Gasteiger partial charge in [0.2, 0.25) is 0 Å². The van der Waals surface area contributed by atoms with Crippen LogP contribution in [-0.2, 0) is 6.42 Å². The molecule has 6 heteroatoms. The van der Waals surface area contributed by atoms with E-state index in [4.69, 9.17) is 9.47 Å². The molecule has 1 aromatic carbocycles. The lowest BCUT2D eigenvalue weighted by Crippen LogP contribution is -2.44. The fraction of sp³-hybridized carbons (Fsp3) is 0.474. The van der Waals surface area contributed by atoms with Crippen molar-refractivity contribution in [2.24, 2.45) is 0 Å². The normalized spacial score (nSPS) is 17.4. The summed E-state index contributed by atoms with van der Waals surface area (Å²) in [7, 11) is 3.28. The van der Waals surface area contributed by atoms with Crippen LogP contribution in [0.1, 0.15) is 41.7 Å². The van der Waals surface area contributed by atoms with E-state index in [2.05, 4.69) is 16.0 Å². The summed E-state index contributed by atoms with van der Waals surface area (Å²) < 4.78 is 10.7. The van der Waals surface area contributed by atoms with Crippen molar-refractivity contribution in [1.29, 1.82) is 0 Å². The molecule has 0 bridgehead atoms. The van der Waals surface area contributed by atoms with Crippen molar-refractivity contribution < 1.29 is 14.3 Å². The van der Waals surface area contributed by atoms with Crippen LogP contribution in [-0.4, -0.2) is 47.6 Å². The van der Waals surface area contributed by atoms with Crippen molar-refractivity contribution in [2.45, 2.75) is 38.1 Å². The predicted molar refractivity (Wildman–Crippen MR) is 95.1 cm³/mol. The molecule has 2 heterocycles. The molecule has 1 aromatic heterocycles. The monoisotopic (exact) mass is 343 g/mol. The van der Waals surface area contributed by atoms with Gasteiger partial charge in [-0.15, -0.1) is 0 Å². The van der Waals surface area contributed by atoms with E-state index in [0.29, 0.717) is 5.69 Å². The van der Waals surface area contributed by atoms with Crippen molar-refractivity contribution in [3.05, 3.63) is 42.0 Å².